The topological polar surface area (TPSA) is 43.6 Å². The van der Waals surface area contributed by atoms with Crippen molar-refractivity contribution in [2.24, 2.45) is 0 Å². The van der Waals surface area contributed by atoms with Crippen molar-refractivity contribution in [3.63, 3.8) is 0 Å². The van der Waals surface area contributed by atoms with Crippen LogP contribution < -0.4 is 4.40 Å². The summed E-state index contributed by atoms with van der Waals surface area (Å²) in [6.07, 6.45) is 1.91. The maximum atomic E-state index is 8.49. The van der Waals surface area contributed by atoms with Crippen LogP contribution >= 0.6 is 11.3 Å². The van der Waals surface area contributed by atoms with Crippen LogP contribution in [0.3, 0.4) is 0 Å². The summed E-state index contributed by atoms with van der Waals surface area (Å²) in [6, 6.07) is 47.8. The van der Waals surface area contributed by atoms with Gasteiger partial charge in [0.05, 0.1) is 16.9 Å². The van der Waals surface area contributed by atoms with Gasteiger partial charge in [0.25, 0.3) is 0 Å². The molecule has 0 amide bonds. The summed E-state index contributed by atoms with van der Waals surface area (Å²) < 4.78 is 35.5. The van der Waals surface area contributed by atoms with E-state index in [1.807, 2.05) is 39.1 Å². The molecule has 9 aromatic rings. The molecule has 0 aliphatic carbocycles. The molecule has 7 heteroatoms. The number of thiophene rings is 1. The third-order valence-electron chi connectivity index (χ3n) is 10.7. The average molecular weight is 1050 g/mol. The van der Waals surface area contributed by atoms with Crippen LogP contribution in [0.15, 0.2) is 128 Å². The average Bonchev–Trinajstić information content (AvgIpc) is 3.81. The Balaban J connectivity index is 0.000000212. The molecule has 0 saturated carbocycles. The second-order valence-corrected chi connectivity index (χ2v) is 29.0. The standard InChI is InChI=1S/C35H28N3S.C18H24GeN.Ir/c1-22-17-19-26-25-13-10-14-27(32(25)39-34(26)36-22)33-37-29-15-8-9-16-31(29)38(33)30-20-18-24(35(2,3)4)21-28(30)23-11-6-5-7-12-23;1-13(2)16-11-18(15-9-7-14(3)8-10-15)20-12-17(16)19(4,5)6;/h5-13,15-21H,1-4H3;7-9,11-13H,1-6H3;/q2*-1;/i;3D3,13D;. The molecule has 4 heterocycles. The van der Waals surface area contributed by atoms with E-state index in [-0.39, 0.29) is 31.1 Å². The van der Waals surface area contributed by atoms with Crippen LogP contribution in [0.4, 0.5) is 0 Å². The third kappa shape index (κ3) is 8.71. The predicted molar refractivity (Wildman–Crippen MR) is 255 cm³/mol. The number of aromatic nitrogens is 4. The fraction of sp³-hybridized carbons (Fsp3) is 0.226. The normalized spacial score (nSPS) is 13.2. The van der Waals surface area contributed by atoms with Crippen molar-refractivity contribution in [1.82, 2.24) is 19.5 Å². The summed E-state index contributed by atoms with van der Waals surface area (Å²) >= 11 is -0.419. The van der Waals surface area contributed by atoms with E-state index in [2.05, 4.69) is 151 Å². The maximum absolute atomic E-state index is 8.49. The molecule has 9 rings (SSSR count). The Hall–Kier alpha value is -4.72. The molecule has 1 radical (unpaired) electrons. The Morgan fingerprint density at radius 1 is 0.833 bits per heavy atom. The first kappa shape index (κ1) is 38.2. The molecule has 5 aromatic carbocycles. The molecule has 0 fully saturated rings. The quantitative estimate of drug-likeness (QED) is 0.123. The molecule has 0 N–H and O–H groups in total. The van der Waals surface area contributed by atoms with Crippen LogP contribution in [0.1, 0.15) is 68.4 Å². The number of fused-ring (bicyclic) bond motifs is 4. The van der Waals surface area contributed by atoms with Gasteiger partial charge in [0, 0.05) is 37.1 Å². The molecule has 0 saturated heterocycles. The van der Waals surface area contributed by atoms with E-state index in [9.17, 15) is 0 Å². The number of rotatable bonds is 6. The summed E-state index contributed by atoms with van der Waals surface area (Å²) in [6.45, 7) is 10.5. The first-order chi connectivity index (χ1) is 29.7. The van der Waals surface area contributed by atoms with Crippen LogP contribution in [-0.2, 0) is 25.5 Å². The molecule has 60 heavy (non-hydrogen) atoms. The molecule has 0 spiro atoms. The number of hydrogen-bond acceptors (Lipinski definition) is 4. The van der Waals surface area contributed by atoms with Gasteiger partial charge in [-0.15, -0.1) is 18.2 Å². The Bertz CT molecular complexity index is 3120. The molecule has 0 unspecified atom stereocenters. The van der Waals surface area contributed by atoms with Crippen molar-refractivity contribution in [2.45, 2.75) is 77.0 Å². The van der Waals surface area contributed by atoms with Gasteiger partial charge in [-0.1, -0.05) is 86.3 Å². The van der Waals surface area contributed by atoms with Gasteiger partial charge in [-0.25, -0.2) is 4.98 Å². The van der Waals surface area contributed by atoms with Crippen LogP contribution in [0.2, 0.25) is 17.3 Å². The van der Waals surface area contributed by atoms with Gasteiger partial charge >= 0.3 is 131 Å². The molecule has 4 nitrogen and oxygen atoms in total. The van der Waals surface area contributed by atoms with Gasteiger partial charge in [0.2, 0.25) is 0 Å². The molecule has 4 aromatic heterocycles. The molecule has 0 atom stereocenters. The zero-order valence-electron chi connectivity index (χ0n) is 39.7. The van der Waals surface area contributed by atoms with E-state index >= 15 is 0 Å². The van der Waals surface area contributed by atoms with E-state index in [0.29, 0.717) is 0 Å². The van der Waals surface area contributed by atoms with Gasteiger partial charge < -0.3 is 4.57 Å². The second kappa shape index (κ2) is 17.3. The molecule has 0 aliphatic heterocycles. The largest absolute Gasteiger partial charge is 0 e. The van der Waals surface area contributed by atoms with Crippen molar-refractivity contribution in [3.8, 4) is 39.5 Å². The number of imidazole rings is 1. The fourth-order valence-electron chi connectivity index (χ4n) is 7.56. The Kier molecular flexibility index (Phi) is 11.0. The summed E-state index contributed by atoms with van der Waals surface area (Å²) in [5.74, 6) is 7.07. The minimum atomic E-state index is -2.14. The number of pyridine rings is 2. The SMILES string of the molecule is Cc1ccc2c(n1)sc1c(-c3nc4ccccc4n3-c3ccc(C(C)(C)C)cc3-c3ccccc3)[c-]ccc12.[2H]C([2H])([2H])c1c[c-]c(-c2cc(C([2H])(C)C)[c]([Ge]([CH3])([CH3])[CH3])cn2)cc1.[Ir]. The molecule has 305 valence electrons. The van der Waals surface area contributed by atoms with Gasteiger partial charge in [0.15, 0.2) is 0 Å². The van der Waals surface area contributed by atoms with Gasteiger partial charge in [-0.2, -0.15) is 11.3 Å². The molecular weight excluding hydrogens is 990 g/mol. The van der Waals surface area contributed by atoms with Crippen molar-refractivity contribution in [1.29, 1.82) is 0 Å². The summed E-state index contributed by atoms with van der Waals surface area (Å²) in [5.41, 5.74) is 11.7. The summed E-state index contributed by atoms with van der Waals surface area (Å²) in [4.78, 5) is 15.7. The maximum Gasteiger partial charge on any atom is 0 e. The van der Waals surface area contributed by atoms with Crippen molar-refractivity contribution >= 4 is 60.3 Å². The minimum absolute atomic E-state index is 0. The van der Waals surface area contributed by atoms with Crippen LogP contribution in [0, 0.1) is 25.9 Å². The van der Waals surface area contributed by atoms with Gasteiger partial charge in [-0.05, 0) is 63.9 Å². The summed E-state index contributed by atoms with van der Waals surface area (Å²) in [7, 11) is 0. The van der Waals surface area contributed by atoms with Crippen molar-refractivity contribution in [2.75, 3.05) is 0 Å². The Morgan fingerprint density at radius 3 is 2.30 bits per heavy atom. The molecule has 0 bridgehead atoms. The van der Waals surface area contributed by atoms with Crippen molar-refractivity contribution < 1.29 is 25.6 Å². The van der Waals surface area contributed by atoms with E-state index in [1.165, 1.54) is 37.9 Å². The first-order valence-electron chi connectivity index (χ1n) is 22.1. The first-order valence-corrected chi connectivity index (χ1v) is 28.3. The summed E-state index contributed by atoms with van der Waals surface area (Å²) in [5, 5.41) is 2.37. The smallest absolute Gasteiger partial charge is 0 e. The number of nitrogens with zero attached hydrogens (tertiary/aromatic N) is 4. The van der Waals surface area contributed by atoms with E-state index in [0.717, 1.165) is 60.2 Å². The number of para-hydroxylation sites is 2. The van der Waals surface area contributed by atoms with Crippen LogP contribution in [-0.4, -0.2) is 32.8 Å². The second-order valence-electron chi connectivity index (χ2n) is 17.5. The molecule has 0 aliphatic rings. The van der Waals surface area contributed by atoms with Crippen molar-refractivity contribution in [3.05, 3.63) is 162 Å². The van der Waals surface area contributed by atoms with Gasteiger partial charge in [-0.3, -0.25) is 4.98 Å². The predicted octanol–water partition coefficient (Wildman–Crippen LogP) is 14.1. The van der Waals surface area contributed by atoms with E-state index < -0.39 is 26.0 Å². The van der Waals surface area contributed by atoms with Crippen LogP contribution in [0.5, 0.6) is 0 Å². The fourth-order valence-corrected chi connectivity index (χ4v) is 12.1. The Morgan fingerprint density at radius 2 is 1.60 bits per heavy atom. The molecular formula is C53H52GeIrN4S-2. The van der Waals surface area contributed by atoms with E-state index in [4.69, 9.17) is 15.5 Å². The number of aryl methyl sites for hydroxylation is 2. The Labute approximate surface area is 381 Å². The zero-order valence-corrected chi connectivity index (χ0v) is 41.0. The monoisotopic (exact) mass is 1050 g/mol. The third-order valence-corrected chi connectivity index (χ3v) is 16.1. The van der Waals surface area contributed by atoms with E-state index in [1.54, 1.807) is 23.5 Å². The zero-order chi connectivity index (χ0) is 45.1. The number of hydrogen-bond donors (Lipinski definition) is 0. The van der Waals surface area contributed by atoms with Gasteiger partial charge in [0.1, 0.15) is 4.83 Å². The number of benzene rings is 5. The van der Waals surface area contributed by atoms with Crippen LogP contribution in [0.25, 0.3) is 70.8 Å². The minimum Gasteiger partial charge on any atom is 0 e.